The van der Waals surface area contributed by atoms with E-state index in [1.807, 2.05) is 12.1 Å². The van der Waals surface area contributed by atoms with Crippen LogP contribution in [0.4, 0.5) is 0 Å². The molecule has 3 amide bonds. The summed E-state index contributed by atoms with van der Waals surface area (Å²) in [6.45, 7) is 4.47. The molecule has 1 fully saturated rings. The van der Waals surface area contributed by atoms with E-state index >= 15 is 0 Å². The van der Waals surface area contributed by atoms with Gasteiger partial charge in [-0.25, -0.2) is 5.48 Å². The van der Waals surface area contributed by atoms with Gasteiger partial charge in [0, 0.05) is 50.0 Å². The lowest BCUT2D eigenvalue weighted by molar-refractivity contribution is -0.137. The highest BCUT2D eigenvalue weighted by Gasteiger charge is 2.27. The topological polar surface area (TPSA) is 120 Å². The van der Waals surface area contributed by atoms with Crippen LogP contribution < -0.4 is 16.1 Å². The summed E-state index contributed by atoms with van der Waals surface area (Å²) in [6, 6.07) is 13.0. The molecule has 1 aliphatic heterocycles. The molecule has 1 unspecified atom stereocenters. The van der Waals surface area contributed by atoms with Crippen LogP contribution in [-0.4, -0.2) is 67.2 Å². The molecule has 1 aliphatic rings. The number of ether oxygens (including phenoxy) is 1. The van der Waals surface area contributed by atoms with Crippen molar-refractivity contribution in [2.24, 2.45) is 0 Å². The van der Waals surface area contributed by atoms with E-state index in [0.717, 1.165) is 44.8 Å². The summed E-state index contributed by atoms with van der Waals surface area (Å²) in [5.41, 5.74) is 4.43. The number of hydrogen-bond acceptors (Lipinski definition) is 6. The lowest BCUT2D eigenvalue weighted by Crippen LogP contribution is -2.54. The first-order valence-corrected chi connectivity index (χ1v) is 11.0. The van der Waals surface area contributed by atoms with Crippen molar-refractivity contribution in [1.29, 1.82) is 0 Å². The van der Waals surface area contributed by atoms with Gasteiger partial charge in [-0.05, 0) is 48.4 Å². The van der Waals surface area contributed by atoms with E-state index in [4.69, 9.17) is 9.94 Å². The minimum absolute atomic E-state index is 0.244. The zero-order valence-corrected chi connectivity index (χ0v) is 19.0. The standard InChI is InChI=1S/C25H28N4O5/c1-26-24(31)22(25(32)28-33)27-23(30)21-11-9-19(10-12-21)4-3-18-5-7-20(8-6-18)17-29-13-2-15-34-16-14-29/h5-12,22,33H,2,13-17H2,1H3,(H,26,31)(H,27,30)(H,28,32). The number of amides is 3. The second-order valence-electron chi connectivity index (χ2n) is 7.76. The van der Waals surface area contributed by atoms with Crippen molar-refractivity contribution in [1.82, 2.24) is 21.0 Å². The van der Waals surface area contributed by atoms with Gasteiger partial charge in [-0.3, -0.25) is 24.5 Å². The SMILES string of the molecule is CNC(=O)C(NC(=O)c1ccc(C#Cc2ccc(CN3CCCOCC3)cc2)cc1)C(=O)NO. The minimum atomic E-state index is -1.56. The maximum atomic E-state index is 12.4. The molecule has 0 radical (unpaired) electrons. The predicted octanol–water partition coefficient (Wildman–Crippen LogP) is 0.659. The number of carbonyl (C=O) groups excluding carboxylic acids is 3. The van der Waals surface area contributed by atoms with Crippen LogP contribution in [0.2, 0.25) is 0 Å². The van der Waals surface area contributed by atoms with Crippen molar-refractivity contribution in [3.63, 3.8) is 0 Å². The average molecular weight is 465 g/mol. The van der Waals surface area contributed by atoms with E-state index in [2.05, 4.69) is 39.5 Å². The van der Waals surface area contributed by atoms with Crippen LogP contribution >= 0.6 is 0 Å². The highest BCUT2D eigenvalue weighted by molar-refractivity contribution is 6.08. The van der Waals surface area contributed by atoms with Crippen LogP contribution in [0.25, 0.3) is 0 Å². The summed E-state index contributed by atoms with van der Waals surface area (Å²) in [7, 11) is 1.32. The van der Waals surface area contributed by atoms with Gasteiger partial charge in [-0.15, -0.1) is 0 Å². The van der Waals surface area contributed by atoms with Gasteiger partial charge in [0.2, 0.25) is 0 Å². The molecule has 2 aromatic rings. The monoisotopic (exact) mass is 464 g/mol. The first-order chi connectivity index (χ1) is 16.5. The van der Waals surface area contributed by atoms with Crippen molar-refractivity contribution in [2.75, 3.05) is 33.4 Å². The molecular formula is C25H28N4O5. The van der Waals surface area contributed by atoms with E-state index in [0.29, 0.717) is 5.56 Å². The van der Waals surface area contributed by atoms with E-state index in [1.165, 1.54) is 18.1 Å². The zero-order valence-electron chi connectivity index (χ0n) is 19.0. The Balaban J connectivity index is 1.59. The molecule has 1 atom stereocenters. The molecule has 2 aromatic carbocycles. The van der Waals surface area contributed by atoms with Crippen LogP contribution in [0.15, 0.2) is 48.5 Å². The predicted molar refractivity (Wildman–Crippen MR) is 125 cm³/mol. The molecular weight excluding hydrogens is 436 g/mol. The Morgan fingerprint density at radius 2 is 1.62 bits per heavy atom. The van der Waals surface area contributed by atoms with Crippen molar-refractivity contribution in [3.8, 4) is 11.8 Å². The number of nitrogens with one attached hydrogen (secondary N) is 3. The first kappa shape index (κ1) is 24.9. The molecule has 9 heteroatoms. The highest BCUT2D eigenvalue weighted by Crippen LogP contribution is 2.10. The van der Waals surface area contributed by atoms with Gasteiger partial charge in [-0.2, -0.15) is 0 Å². The molecule has 1 saturated heterocycles. The van der Waals surface area contributed by atoms with Gasteiger partial charge in [0.1, 0.15) is 0 Å². The Labute approximate surface area is 198 Å². The fraction of sp³-hybridized carbons (Fsp3) is 0.320. The fourth-order valence-corrected chi connectivity index (χ4v) is 3.43. The van der Waals surface area contributed by atoms with Gasteiger partial charge in [0.05, 0.1) is 6.61 Å². The third-order valence-electron chi connectivity index (χ3n) is 5.33. The number of likely N-dealkylation sites (N-methyl/N-ethyl adjacent to an activating group) is 1. The average Bonchev–Trinajstić information content (AvgIpc) is 3.14. The number of nitrogens with zero attached hydrogens (tertiary/aromatic N) is 1. The maximum Gasteiger partial charge on any atom is 0.275 e. The molecule has 0 bridgehead atoms. The Morgan fingerprint density at radius 1 is 0.971 bits per heavy atom. The van der Waals surface area contributed by atoms with Crippen LogP contribution in [0.5, 0.6) is 0 Å². The van der Waals surface area contributed by atoms with Crippen LogP contribution in [-0.2, 0) is 20.9 Å². The van der Waals surface area contributed by atoms with Gasteiger partial charge >= 0.3 is 0 Å². The second-order valence-corrected chi connectivity index (χ2v) is 7.76. The summed E-state index contributed by atoms with van der Waals surface area (Å²) >= 11 is 0. The molecule has 0 spiro atoms. The lowest BCUT2D eigenvalue weighted by Gasteiger charge is -2.18. The van der Waals surface area contributed by atoms with E-state index < -0.39 is 23.8 Å². The molecule has 178 valence electrons. The van der Waals surface area contributed by atoms with Crippen molar-refractivity contribution >= 4 is 17.7 Å². The summed E-state index contributed by atoms with van der Waals surface area (Å²) in [4.78, 5) is 38.2. The Morgan fingerprint density at radius 3 is 2.24 bits per heavy atom. The van der Waals surface area contributed by atoms with Gasteiger partial charge < -0.3 is 15.4 Å². The Bertz CT molecular complexity index is 1030. The van der Waals surface area contributed by atoms with E-state index in [-0.39, 0.29) is 5.56 Å². The van der Waals surface area contributed by atoms with E-state index in [9.17, 15) is 14.4 Å². The number of rotatable bonds is 6. The van der Waals surface area contributed by atoms with Gasteiger partial charge in [0.15, 0.2) is 6.04 Å². The first-order valence-electron chi connectivity index (χ1n) is 11.0. The molecule has 0 saturated carbocycles. The summed E-state index contributed by atoms with van der Waals surface area (Å²) in [6.07, 6.45) is 1.05. The number of hydroxylamine groups is 1. The normalized spacial score (nSPS) is 14.6. The summed E-state index contributed by atoms with van der Waals surface area (Å²) < 4.78 is 5.50. The van der Waals surface area contributed by atoms with Crippen molar-refractivity contribution < 1.29 is 24.3 Å². The molecule has 0 aromatic heterocycles. The molecule has 3 rings (SSSR count). The smallest absolute Gasteiger partial charge is 0.275 e. The molecule has 0 aliphatic carbocycles. The Kier molecular flexibility index (Phi) is 9.17. The summed E-state index contributed by atoms with van der Waals surface area (Å²) in [5.74, 6) is 3.74. The molecule has 1 heterocycles. The maximum absolute atomic E-state index is 12.4. The van der Waals surface area contributed by atoms with Gasteiger partial charge in [0.25, 0.3) is 17.7 Å². The Hall–Kier alpha value is -3.71. The zero-order chi connectivity index (χ0) is 24.3. The molecule has 9 nitrogen and oxygen atoms in total. The fourth-order valence-electron chi connectivity index (χ4n) is 3.43. The third-order valence-corrected chi connectivity index (χ3v) is 5.33. The lowest BCUT2D eigenvalue weighted by atomic mass is 10.1. The van der Waals surface area contributed by atoms with Gasteiger partial charge in [-0.1, -0.05) is 24.0 Å². The van der Waals surface area contributed by atoms with E-state index in [1.54, 1.807) is 24.3 Å². The third kappa shape index (κ3) is 7.15. The van der Waals surface area contributed by atoms with Crippen LogP contribution in [0, 0.1) is 11.8 Å². The molecule has 34 heavy (non-hydrogen) atoms. The van der Waals surface area contributed by atoms with Crippen LogP contribution in [0.1, 0.15) is 33.5 Å². The molecule has 4 N–H and O–H groups in total. The number of benzene rings is 2. The number of hydrogen-bond donors (Lipinski definition) is 4. The summed E-state index contributed by atoms with van der Waals surface area (Å²) in [5, 5.41) is 13.3. The van der Waals surface area contributed by atoms with Crippen molar-refractivity contribution in [2.45, 2.75) is 19.0 Å². The minimum Gasteiger partial charge on any atom is -0.380 e. The van der Waals surface area contributed by atoms with Crippen molar-refractivity contribution in [3.05, 3.63) is 70.8 Å². The largest absolute Gasteiger partial charge is 0.380 e. The highest BCUT2D eigenvalue weighted by atomic mass is 16.5. The quantitative estimate of drug-likeness (QED) is 0.216. The van der Waals surface area contributed by atoms with Crippen LogP contribution in [0.3, 0.4) is 0 Å². The number of carbonyl (C=O) groups is 3. The second kappa shape index (κ2) is 12.5.